The molecule has 2 aromatic heterocycles. The van der Waals surface area contributed by atoms with Crippen molar-refractivity contribution >= 4 is 43.9 Å². The van der Waals surface area contributed by atoms with Gasteiger partial charge < -0.3 is 9.13 Å². The predicted octanol–water partition coefficient (Wildman–Crippen LogP) is 4.15. The number of unbranched alkanes of at least 4 members (excludes halogenated alkanes) is 1. The molecule has 2 N–H and O–H groups in total. The summed E-state index contributed by atoms with van der Waals surface area (Å²) in [7, 11) is -3.76. The van der Waals surface area contributed by atoms with Gasteiger partial charge in [0, 0.05) is 13.1 Å². The molecule has 0 saturated heterocycles. The minimum Gasteiger partial charge on any atom is -0.327 e. The average molecular weight is 444 g/mol. The normalized spacial score (nSPS) is 12.2. The SMILES string of the molecule is CCCCn1c(CSc2nc3ccccc3n2CC)nc2cc(S(N)(=O)=O)ccc21. The van der Waals surface area contributed by atoms with Gasteiger partial charge in [0.15, 0.2) is 5.16 Å². The molecule has 2 heterocycles. The van der Waals surface area contributed by atoms with Crippen LogP contribution in [0.5, 0.6) is 0 Å². The van der Waals surface area contributed by atoms with Crippen molar-refractivity contribution in [3.05, 3.63) is 48.3 Å². The number of thioether (sulfide) groups is 1. The fourth-order valence-corrected chi connectivity index (χ4v) is 5.17. The summed E-state index contributed by atoms with van der Waals surface area (Å²) in [6.07, 6.45) is 2.08. The van der Waals surface area contributed by atoms with Gasteiger partial charge in [0.2, 0.25) is 10.0 Å². The van der Waals surface area contributed by atoms with Gasteiger partial charge in [0.25, 0.3) is 0 Å². The summed E-state index contributed by atoms with van der Waals surface area (Å²) in [6, 6.07) is 13.0. The van der Waals surface area contributed by atoms with E-state index >= 15 is 0 Å². The lowest BCUT2D eigenvalue weighted by Gasteiger charge is -2.09. The third-order valence-corrected chi connectivity index (χ3v) is 7.01. The first-order chi connectivity index (χ1) is 14.4. The number of hydrogen-bond donors (Lipinski definition) is 1. The molecule has 0 spiro atoms. The topological polar surface area (TPSA) is 95.8 Å². The first-order valence-corrected chi connectivity index (χ1v) is 12.6. The minimum atomic E-state index is -3.76. The highest BCUT2D eigenvalue weighted by molar-refractivity contribution is 7.98. The first kappa shape index (κ1) is 20.9. The molecule has 0 aliphatic heterocycles. The lowest BCUT2D eigenvalue weighted by atomic mass is 10.3. The van der Waals surface area contributed by atoms with Gasteiger partial charge in [-0.25, -0.2) is 23.5 Å². The molecule has 7 nitrogen and oxygen atoms in total. The van der Waals surface area contributed by atoms with E-state index in [2.05, 4.69) is 29.0 Å². The Hall–Kier alpha value is -2.36. The van der Waals surface area contributed by atoms with E-state index in [0.29, 0.717) is 11.3 Å². The van der Waals surface area contributed by atoms with E-state index in [4.69, 9.17) is 15.1 Å². The number of nitrogens with two attached hydrogens (primary N) is 1. The quantitative estimate of drug-likeness (QED) is 0.413. The molecule has 0 aliphatic rings. The second-order valence-corrected chi connectivity index (χ2v) is 9.65. The smallest absolute Gasteiger partial charge is 0.238 e. The summed E-state index contributed by atoms with van der Waals surface area (Å²) in [5.74, 6) is 1.55. The van der Waals surface area contributed by atoms with Crippen LogP contribution in [0, 0.1) is 0 Å². The van der Waals surface area contributed by atoms with Crippen LogP contribution >= 0.6 is 11.8 Å². The summed E-state index contributed by atoms with van der Waals surface area (Å²) in [6.45, 7) is 5.94. The van der Waals surface area contributed by atoms with Crippen molar-refractivity contribution in [3.63, 3.8) is 0 Å². The molecular weight excluding hydrogens is 418 g/mol. The number of aromatic nitrogens is 4. The molecule has 0 aliphatic carbocycles. The number of aryl methyl sites for hydroxylation is 2. The molecule has 0 bridgehead atoms. The molecule has 0 amide bonds. The molecule has 0 atom stereocenters. The number of para-hydroxylation sites is 2. The maximum atomic E-state index is 11.7. The van der Waals surface area contributed by atoms with Gasteiger partial charge in [0.1, 0.15) is 5.82 Å². The largest absolute Gasteiger partial charge is 0.327 e. The van der Waals surface area contributed by atoms with Gasteiger partial charge in [-0.3, -0.25) is 0 Å². The Morgan fingerprint density at radius 1 is 1.00 bits per heavy atom. The first-order valence-electron chi connectivity index (χ1n) is 10.0. The second-order valence-electron chi connectivity index (χ2n) is 7.14. The Kier molecular flexibility index (Phi) is 5.86. The van der Waals surface area contributed by atoms with Crippen LogP contribution in [0.15, 0.2) is 52.5 Å². The number of fused-ring (bicyclic) bond motifs is 2. The molecule has 4 aromatic rings. The van der Waals surface area contributed by atoms with Crippen LogP contribution in [0.3, 0.4) is 0 Å². The van der Waals surface area contributed by atoms with Crippen molar-refractivity contribution in [3.8, 4) is 0 Å². The van der Waals surface area contributed by atoms with E-state index in [-0.39, 0.29) is 4.90 Å². The maximum absolute atomic E-state index is 11.7. The van der Waals surface area contributed by atoms with Crippen molar-refractivity contribution in [2.75, 3.05) is 0 Å². The van der Waals surface area contributed by atoms with Crippen LogP contribution in [0.2, 0.25) is 0 Å². The molecule has 0 saturated carbocycles. The molecule has 0 fully saturated rings. The van der Waals surface area contributed by atoms with Gasteiger partial charge in [0.05, 0.1) is 32.7 Å². The van der Waals surface area contributed by atoms with Crippen LogP contribution in [-0.2, 0) is 28.9 Å². The van der Waals surface area contributed by atoms with Crippen molar-refractivity contribution in [2.45, 2.75) is 55.6 Å². The van der Waals surface area contributed by atoms with E-state index in [1.807, 2.05) is 18.2 Å². The van der Waals surface area contributed by atoms with Crippen molar-refractivity contribution in [1.29, 1.82) is 0 Å². The number of sulfonamides is 1. The predicted molar refractivity (Wildman–Crippen MR) is 121 cm³/mol. The number of imidazole rings is 2. The van der Waals surface area contributed by atoms with Gasteiger partial charge in [-0.05, 0) is 43.7 Å². The Bertz CT molecular complexity index is 1310. The Morgan fingerprint density at radius 2 is 1.77 bits per heavy atom. The minimum absolute atomic E-state index is 0.0853. The fourth-order valence-electron chi connectivity index (χ4n) is 3.61. The summed E-state index contributed by atoms with van der Waals surface area (Å²) in [5.41, 5.74) is 3.69. The van der Waals surface area contributed by atoms with Gasteiger partial charge in [-0.2, -0.15) is 0 Å². The van der Waals surface area contributed by atoms with Crippen molar-refractivity contribution in [1.82, 2.24) is 19.1 Å². The molecular formula is C21H25N5O2S2. The number of benzene rings is 2. The highest BCUT2D eigenvalue weighted by Gasteiger charge is 2.16. The zero-order valence-corrected chi connectivity index (χ0v) is 18.7. The molecule has 0 radical (unpaired) electrons. The molecule has 158 valence electrons. The summed E-state index contributed by atoms with van der Waals surface area (Å²) < 4.78 is 27.9. The lowest BCUT2D eigenvalue weighted by molar-refractivity contribution is 0.598. The highest BCUT2D eigenvalue weighted by atomic mass is 32.2. The lowest BCUT2D eigenvalue weighted by Crippen LogP contribution is -2.11. The maximum Gasteiger partial charge on any atom is 0.238 e. The highest BCUT2D eigenvalue weighted by Crippen LogP contribution is 2.29. The molecule has 30 heavy (non-hydrogen) atoms. The van der Waals surface area contributed by atoms with Crippen LogP contribution in [-0.4, -0.2) is 27.5 Å². The number of rotatable bonds is 8. The van der Waals surface area contributed by atoms with E-state index < -0.39 is 10.0 Å². The molecule has 2 aromatic carbocycles. The van der Waals surface area contributed by atoms with Crippen LogP contribution in [0.1, 0.15) is 32.5 Å². The van der Waals surface area contributed by atoms with E-state index in [9.17, 15) is 8.42 Å². The number of nitrogens with zero attached hydrogens (tertiary/aromatic N) is 4. The Labute approximate surface area is 180 Å². The van der Waals surface area contributed by atoms with Gasteiger partial charge in [-0.1, -0.05) is 37.2 Å². The van der Waals surface area contributed by atoms with Gasteiger partial charge in [-0.15, -0.1) is 0 Å². The third kappa shape index (κ3) is 3.97. The van der Waals surface area contributed by atoms with E-state index in [1.54, 1.807) is 30.0 Å². The molecule has 9 heteroatoms. The second kappa shape index (κ2) is 8.41. The van der Waals surface area contributed by atoms with Gasteiger partial charge >= 0.3 is 0 Å². The third-order valence-electron chi connectivity index (χ3n) is 5.13. The van der Waals surface area contributed by atoms with Crippen molar-refractivity contribution in [2.24, 2.45) is 5.14 Å². The summed E-state index contributed by atoms with van der Waals surface area (Å²) in [5, 5.41) is 6.26. The Morgan fingerprint density at radius 3 is 2.50 bits per heavy atom. The monoisotopic (exact) mass is 443 g/mol. The standard InChI is InChI=1S/C21H25N5O2S2/c1-3-5-12-26-19-11-10-15(30(22,27)28)13-17(19)23-20(26)14-29-21-24-16-8-6-7-9-18(16)25(21)4-2/h6-11,13H,3-5,12,14H2,1-2H3,(H2,22,27,28). The molecule has 0 unspecified atom stereocenters. The fraction of sp³-hybridized carbons (Fsp3) is 0.333. The van der Waals surface area contributed by atoms with Crippen LogP contribution < -0.4 is 5.14 Å². The van der Waals surface area contributed by atoms with Crippen molar-refractivity contribution < 1.29 is 8.42 Å². The zero-order valence-electron chi connectivity index (χ0n) is 17.1. The number of hydrogen-bond acceptors (Lipinski definition) is 5. The summed E-state index contributed by atoms with van der Waals surface area (Å²) in [4.78, 5) is 9.62. The summed E-state index contributed by atoms with van der Waals surface area (Å²) >= 11 is 1.65. The number of primary sulfonamides is 1. The zero-order chi connectivity index (χ0) is 21.3. The average Bonchev–Trinajstić information content (AvgIpc) is 3.26. The van der Waals surface area contributed by atoms with Crippen LogP contribution in [0.25, 0.3) is 22.1 Å². The van der Waals surface area contributed by atoms with E-state index in [0.717, 1.165) is 53.5 Å². The van der Waals surface area contributed by atoms with E-state index in [1.165, 1.54) is 0 Å². The molecule has 4 rings (SSSR count). The van der Waals surface area contributed by atoms with Crippen LogP contribution in [0.4, 0.5) is 0 Å². The Balaban J connectivity index is 1.71.